The van der Waals surface area contributed by atoms with Crippen molar-refractivity contribution in [3.63, 3.8) is 0 Å². The third-order valence-electron chi connectivity index (χ3n) is 6.29. The normalized spacial score (nSPS) is 18.2. The lowest BCUT2D eigenvalue weighted by Crippen LogP contribution is -2.54. The number of nitrogens with one attached hydrogen (secondary N) is 1. The van der Waals surface area contributed by atoms with E-state index in [1.807, 2.05) is 19.9 Å². The van der Waals surface area contributed by atoms with Gasteiger partial charge in [-0.3, -0.25) is 19.8 Å². The molecule has 1 N–H and O–H groups in total. The fourth-order valence-corrected chi connectivity index (χ4v) is 4.73. The molecule has 0 unspecified atom stereocenters. The van der Waals surface area contributed by atoms with Crippen LogP contribution in [0.1, 0.15) is 54.6 Å². The maximum atomic E-state index is 13.2. The Labute approximate surface area is 194 Å². The van der Waals surface area contributed by atoms with Crippen LogP contribution in [0.25, 0.3) is 11.8 Å². The molecule has 0 atom stereocenters. The standard InChI is InChI=1S/C26H29N3O2S/c1-17-9-11-22(12-10-17)29-18(2)15-21(19(29)3)16-23-24(30)27-26(32)28(25(23)31)14-13-20-7-5-4-6-8-20/h7,9-12,15-16H,4-6,8,13-14H2,1-3H3,(H,27,30,32). The lowest BCUT2D eigenvalue weighted by Gasteiger charge is -2.29. The molecule has 0 spiro atoms. The third kappa shape index (κ3) is 4.46. The van der Waals surface area contributed by atoms with Crippen LogP contribution in [0.2, 0.25) is 0 Å². The fraction of sp³-hybridized carbons (Fsp3) is 0.346. The lowest BCUT2D eigenvalue weighted by molar-refractivity contribution is -0.128. The largest absolute Gasteiger partial charge is 0.318 e. The predicted molar refractivity (Wildman–Crippen MR) is 132 cm³/mol. The molecule has 2 amide bonds. The fourth-order valence-electron chi connectivity index (χ4n) is 4.46. The Bertz CT molecular complexity index is 1140. The lowest BCUT2D eigenvalue weighted by atomic mass is 9.97. The van der Waals surface area contributed by atoms with Crippen LogP contribution in [-0.4, -0.2) is 32.9 Å². The second-order valence-corrected chi connectivity index (χ2v) is 9.02. The SMILES string of the molecule is Cc1ccc(-n2c(C)cc(C=C3C(=O)NC(=S)N(CCC4=CCCCC4)C3=O)c2C)cc1. The molecule has 166 valence electrons. The Morgan fingerprint density at radius 3 is 2.53 bits per heavy atom. The minimum absolute atomic E-state index is 0.125. The number of allylic oxidation sites excluding steroid dienone is 1. The maximum Gasteiger partial charge on any atom is 0.265 e. The summed E-state index contributed by atoms with van der Waals surface area (Å²) in [6, 6.07) is 10.3. The summed E-state index contributed by atoms with van der Waals surface area (Å²) in [6.07, 6.45) is 9.37. The van der Waals surface area contributed by atoms with Crippen LogP contribution in [0, 0.1) is 20.8 Å². The van der Waals surface area contributed by atoms with Crippen LogP contribution in [0.5, 0.6) is 0 Å². The van der Waals surface area contributed by atoms with Gasteiger partial charge in [0.1, 0.15) is 5.57 Å². The van der Waals surface area contributed by atoms with E-state index in [0.717, 1.165) is 41.9 Å². The first-order valence-corrected chi connectivity index (χ1v) is 11.6. The van der Waals surface area contributed by atoms with Gasteiger partial charge < -0.3 is 4.57 Å². The van der Waals surface area contributed by atoms with Crippen molar-refractivity contribution < 1.29 is 9.59 Å². The highest BCUT2D eigenvalue weighted by Crippen LogP contribution is 2.25. The predicted octanol–water partition coefficient (Wildman–Crippen LogP) is 4.92. The zero-order valence-corrected chi connectivity index (χ0v) is 19.7. The molecule has 0 bridgehead atoms. The van der Waals surface area contributed by atoms with Crippen molar-refractivity contribution >= 4 is 35.2 Å². The van der Waals surface area contributed by atoms with Crippen LogP contribution >= 0.6 is 12.2 Å². The van der Waals surface area contributed by atoms with Crippen LogP contribution < -0.4 is 5.32 Å². The van der Waals surface area contributed by atoms with Gasteiger partial charge >= 0.3 is 0 Å². The van der Waals surface area contributed by atoms with Crippen molar-refractivity contribution in [2.24, 2.45) is 0 Å². The summed E-state index contributed by atoms with van der Waals surface area (Å²) < 4.78 is 2.13. The van der Waals surface area contributed by atoms with Gasteiger partial charge in [0.2, 0.25) is 0 Å². The summed E-state index contributed by atoms with van der Waals surface area (Å²) in [7, 11) is 0. The number of amides is 2. The van der Waals surface area contributed by atoms with Crippen LogP contribution in [0.15, 0.2) is 47.6 Å². The van der Waals surface area contributed by atoms with Gasteiger partial charge in [0.05, 0.1) is 0 Å². The maximum absolute atomic E-state index is 13.2. The van der Waals surface area contributed by atoms with E-state index in [1.165, 1.54) is 28.9 Å². The van der Waals surface area contributed by atoms with Crippen molar-refractivity contribution in [2.45, 2.75) is 52.9 Å². The Morgan fingerprint density at radius 2 is 1.84 bits per heavy atom. The zero-order chi connectivity index (χ0) is 22.8. The van der Waals surface area contributed by atoms with Crippen LogP contribution in [-0.2, 0) is 9.59 Å². The molecule has 0 saturated carbocycles. The number of hydrogen-bond donors (Lipinski definition) is 1. The van der Waals surface area contributed by atoms with Crippen molar-refractivity contribution in [3.8, 4) is 5.69 Å². The molecule has 2 heterocycles. The third-order valence-corrected chi connectivity index (χ3v) is 6.61. The monoisotopic (exact) mass is 447 g/mol. The number of benzene rings is 1. The molecule has 2 aromatic rings. The molecular formula is C26H29N3O2S. The molecule has 1 aliphatic carbocycles. The molecule has 1 fully saturated rings. The van der Waals surface area contributed by atoms with Crippen molar-refractivity contribution in [1.82, 2.24) is 14.8 Å². The number of thiocarbonyl (C=S) groups is 1. The van der Waals surface area contributed by atoms with Gasteiger partial charge in [-0.05, 0) is 94.9 Å². The zero-order valence-electron chi connectivity index (χ0n) is 18.9. The highest BCUT2D eigenvalue weighted by Gasteiger charge is 2.33. The van der Waals surface area contributed by atoms with Gasteiger partial charge in [-0.2, -0.15) is 0 Å². The summed E-state index contributed by atoms with van der Waals surface area (Å²) in [4.78, 5) is 27.4. The molecule has 1 aromatic heterocycles. The van der Waals surface area contributed by atoms with Gasteiger partial charge in [-0.1, -0.05) is 29.3 Å². The van der Waals surface area contributed by atoms with Gasteiger partial charge in [-0.15, -0.1) is 0 Å². The van der Waals surface area contributed by atoms with Gasteiger partial charge in [0.25, 0.3) is 11.8 Å². The number of carbonyl (C=O) groups is 2. The highest BCUT2D eigenvalue weighted by molar-refractivity contribution is 7.80. The molecule has 1 saturated heterocycles. The minimum Gasteiger partial charge on any atom is -0.318 e. The number of aromatic nitrogens is 1. The quantitative estimate of drug-likeness (QED) is 0.306. The van der Waals surface area contributed by atoms with E-state index < -0.39 is 5.91 Å². The van der Waals surface area contributed by atoms with Crippen LogP contribution in [0.3, 0.4) is 0 Å². The molecule has 1 aromatic carbocycles. The van der Waals surface area contributed by atoms with E-state index in [9.17, 15) is 9.59 Å². The number of carbonyl (C=O) groups excluding carboxylic acids is 2. The molecule has 5 nitrogen and oxygen atoms in total. The van der Waals surface area contributed by atoms with Crippen molar-refractivity contribution in [3.05, 3.63) is 70.1 Å². The second kappa shape index (κ2) is 9.25. The molecule has 6 heteroatoms. The van der Waals surface area contributed by atoms with E-state index in [0.29, 0.717) is 6.54 Å². The first-order valence-electron chi connectivity index (χ1n) is 11.2. The number of hydrogen-bond acceptors (Lipinski definition) is 3. The number of aryl methyl sites for hydroxylation is 2. The molecular weight excluding hydrogens is 418 g/mol. The second-order valence-electron chi connectivity index (χ2n) is 8.63. The first-order chi connectivity index (χ1) is 15.3. The smallest absolute Gasteiger partial charge is 0.265 e. The van der Waals surface area contributed by atoms with Gasteiger partial charge in [0.15, 0.2) is 5.11 Å². The van der Waals surface area contributed by atoms with Crippen molar-refractivity contribution in [1.29, 1.82) is 0 Å². The Morgan fingerprint density at radius 1 is 1.09 bits per heavy atom. The summed E-state index contributed by atoms with van der Waals surface area (Å²) in [5, 5.41) is 2.89. The topological polar surface area (TPSA) is 54.3 Å². The number of nitrogens with zero attached hydrogens (tertiary/aromatic N) is 2. The first kappa shape index (κ1) is 22.2. The van der Waals surface area contributed by atoms with Crippen molar-refractivity contribution in [2.75, 3.05) is 6.54 Å². The number of rotatable bonds is 5. The molecule has 4 rings (SSSR count). The van der Waals surface area contributed by atoms with Gasteiger partial charge in [0, 0.05) is 23.6 Å². The van der Waals surface area contributed by atoms with Gasteiger partial charge in [-0.25, -0.2) is 0 Å². The molecule has 2 aliphatic rings. The van der Waals surface area contributed by atoms with E-state index in [1.54, 1.807) is 6.08 Å². The Kier molecular flexibility index (Phi) is 6.42. The van der Waals surface area contributed by atoms with E-state index in [4.69, 9.17) is 12.2 Å². The average molecular weight is 448 g/mol. The molecule has 1 aliphatic heterocycles. The van der Waals surface area contributed by atoms with Crippen LogP contribution in [0.4, 0.5) is 0 Å². The van der Waals surface area contributed by atoms with E-state index in [2.05, 4.69) is 47.1 Å². The average Bonchev–Trinajstić information content (AvgIpc) is 3.05. The summed E-state index contributed by atoms with van der Waals surface area (Å²) >= 11 is 5.31. The molecule has 0 radical (unpaired) electrons. The minimum atomic E-state index is -0.437. The van der Waals surface area contributed by atoms with E-state index in [-0.39, 0.29) is 16.6 Å². The molecule has 32 heavy (non-hydrogen) atoms. The highest BCUT2D eigenvalue weighted by atomic mass is 32.1. The van der Waals surface area contributed by atoms with E-state index >= 15 is 0 Å². The summed E-state index contributed by atoms with van der Waals surface area (Å²) in [5.41, 5.74) is 6.62. The Balaban J connectivity index is 1.61. The summed E-state index contributed by atoms with van der Waals surface area (Å²) in [5.74, 6) is -0.761. The summed E-state index contributed by atoms with van der Waals surface area (Å²) in [6.45, 7) is 6.58. The Hall–Kier alpha value is -2.99.